The number of hydrogen-bond donors (Lipinski definition) is 0. The molecule has 2 aliphatic heterocycles. The minimum atomic E-state index is -3.06. The van der Waals surface area contributed by atoms with Gasteiger partial charge in [0.15, 0.2) is 0 Å². The van der Waals surface area contributed by atoms with Gasteiger partial charge in [-0.15, -0.1) is 0 Å². The van der Waals surface area contributed by atoms with Crippen molar-refractivity contribution in [1.82, 2.24) is 9.21 Å². The number of piperidine rings is 1. The molecule has 0 radical (unpaired) electrons. The van der Waals surface area contributed by atoms with Crippen LogP contribution >= 0.6 is 0 Å². The Bertz CT molecular complexity index is 553. The van der Waals surface area contributed by atoms with Crippen molar-refractivity contribution in [3.63, 3.8) is 0 Å². The summed E-state index contributed by atoms with van der Waals surface area (Å²) in [5.74, 6) is 0.307. The van der Waals surface area contributed by atoms with Crippen LogP contribution in [0.4, 0.5) is 0 Å². The molecule has 0 bridgehead atoms. The third-order valence-corrected chi connectivity index (χ3v) is 6.53. The van der Waals surface area contributed by atoms with Gasteiger partial charge in [-0.2, -0.15) is 4.31 Å². The Morgan fingerprint density at radius 3 is 2.48 bits per heavy atom. The molecule has 0 amide bonds. The van der Waals surface area contributed by atoms with Gasteiger partial charge in [-0.05, 0) is 37.9 Å². The van der Waals surface area contributed by atoms with Crippen LogP contribution in [0.3, 0.4) is 0 Å². The van der Waals surface area contributed by atoms with Crippen molar-refractivity contribution in [3.05, 3.63) is 35.9 Å². The molecular weight excluding hydrogens is 284 g/mol. The highest BCUT2D eigenvalue weighted by molar-refractivity contribution is 7.89. The molecule has 4 nitrogen and oxygen atoms in total. The minimum Gasteiger partial charge on any atom is -0.298 e. The van der Waals surface area contributed by atoms with E-state index in [9.17, 15) is 8.42 Å². The van der Waals surface area contributed by atoms with Crippen LogP contribution in [-0.2, 0) is 16.4 Å². The second-order valence-electron chi connectivity index (χ2n) is 6.12. The Hall–Kier alpha value is -0.910. The first-order valence-electron chi connectivity index (χ1n) is 7.91. The number of sulfonamides is 1. The molecule has 5 heteroatoms. The van der Waals surface area contributed by atoms with E-state index >= 15 is 0 Å². The molecule has 0 saturated carbocycles. The molecule has 2 aliphatic rings. The monoisotopic (exact) mass is 308 g/mol. The van der Waals surface area contributed by atoms with E-state index in [-0.39, 0.29) is 6.04 Å². The van der Waals surface area contributed by atoms with Gasteiger partial charge in [-0.1, -0.05) is 36.8 Å². The summed E-state index contributed by atoms with van der Waals surface area (Å²) in [6.45, 7) is 3.41. The SMILES string of the molecule is O=S1(=O)CC(N2CCCCC2)CN1CCc1ccccc1. The molecular formula is C16H24N2O2S. The van der Waals surface area contributed by atoms with Crippen molar-refractivity contribution >= 4 is 10.0 Å². The molecule has 1 atom stereocenters. The van der Waals surface area contributed by atoms with Gasteiger partial charge in [-0.25, -0.2) is 8.42 Å². The molecule has 0 spiro atoms. The van der Waals surface area contributed by atoms with Crippen LogP contribution in [0.2, 0.25) is 0 Å². The van der Waals surface area contributed by atoms with Crippen molar-refractivity contribution in [2.24, 2.45) is 0 Å². The number of likely N-dealkylation sites (tertiary alicyclic amines) is 1. The van der Waals surface area contributed by atoms with E-state index in [1.54, 1.807) is 4.31 Å². The lowest BCUT2D eigenvalue weighted by Gasteiger charge is -2.31. The molecule has 1 unspecified atom stereocenters. The van der Waals surface area contributed by atoms with Gasteiger partial charge in [-0.3, -0.25) is 4.90 Å². The molecule has 2 fully saturated rings. The molecule has 21 heavy (non-hydrogen) atoms. The third-order valence-electron chi connectivity index (χ3n) is 4.61. The van der Waals surface area contributed by atoms with Crippen LogP contribution in [0.15, 0.2) is 30.3 Å². The van der Waals surface area contributed by atoms with Gasteiger partial charge < -0.3 is 0 Å². The van der Waals surface area contributed by atoms with E-state index in [1.807, 2.05) is 18.2 Å². The van der Waals surface area contributed by atoms with Crippen molar-refractivity contribution in [3.8, 4) is 0 Å². The quantitative estimate of drug-likeness (QED) is 0.850. The average molecular weight is 308 g/mol. The van der Waals surface area contributed by atoms with Gasteiger partial charge in [0.25, 0.3) is 0 Å². The lowest BCUT2D eigenvalue weighted by molar-refractivity contribution is 0.169. The zero-order chi connectivity index (χ0) is 14.7. The van der Waals surface area contributed by atoms with Gasteiger partial charge in [0.1, 0.15) is 0 Å². The summed E-state index contributed by atoms with van der Waals surface area (Å²) in [5, 5.41) is 0. The van der Waals surface area contributed by atoms with E-state index in [1.165, 1.54) is 24.8 Å². The summed E-state index contributed by atoms with van der Waals surface area (Å²) in [7, 11) is -3.06. The zero-order valence-electron chi connectivity index (χ0n) is 12.4. The maximum absolute atomic E-state index is 12.3. The smallest absolute Gasteiger partial charge is 0.215 e. The zero-order valence-corrected chi connectivity index (χ0v) is 13.3. The lowest BCUT2D eigenvalue weighted by Crippen LogP contribution is -2.42. The molecule has 0 aromatic heterocycles. The summed E-state index contributed by atoms with van der Waals surface area (Å²) in [5.41, 5.74) is 1.20. The Labute approximate surface area is 127 Å². The van der Waals surface area contributed by atoms with E-state index < -0.39 is 10.0 Å². The summed E-state index contributed by atoms with van der Waals surface area (Å²) < 4.78 is 26.4. The normalized spacial score (nSPS) is 27.0. The molecule has 1 aromatic carbocycles. The van der Waals surface area contributed by atoms with Crippen molar-refractivity contribution in [2.75, 3.05) is 31.9 Å². The highest BCUT2D eigenvalue weighted by atomic mass is 32.2. The fourth-order valence-electron chi connectivity index (χ4n) is 3.38. The molecule has 0 N–H and O–H groups in total. The van der Waals surface area contributed by atoms with Crippen molar-refractivity contribution in [1.29, 1.82) is 0 Å². The topological polar surface area (TPSA) is 40.6 Å². The van der Waals surface area contributed by atoms with Gasteiger partial charge in [0.05, 0.1) is 5.75 Å². The Morgan fingerprint density at radius 2 is 1.76 bits per heavy atom. The lowest BCUT2D eigenvalue weighted by atomic mass is 10.1. The average Bonchev–Trinajstić information content (AvgIpc) is 2.82. The van der Waals surface area contributed by atoms with Crippen LogP contribution < -0.4 is 0 Å². The van der Waals surface area contributed by atoms with Crippen LogP contribution in [0.5, 0.6) is 0 Å². The summed E-state index contributed by atoms with van der Waals surface area (Å²) >= 11 is 0. The van der Waals surface area contributed by atoms with Crippen LogP contribution in [0.1, 0.15) is 24.8 Å². The predicted molar refractivity (Wildman–Crippen MR) is 84.7 cm³/mol. The van der Waals surface area contributed by atoms with Crippen LogP contribution in [0, 0.1) is 0 Å². The van der Waals surface area contributed by atoms with Crippen molar-refractivity contribution in [2.45, 2.75) is 31.7 Å². The maximum Gasteiger partial charge on any atom is 0.215 e. The molecule has 2 saturated heterocycles. The second-order valence-corrected chi connectivity index (χ2v) is 8.14. The van der Waals surface area contributed by atoms with Crippen LogP contribution in [-0.4, -0.2) is 55.6 Å². The molecule has 0 aliphatic carbocycles. The first-order chi connectivity index (χ1) is 10.1. The fraction of sp³-hybridized carbons (Fsp3) is 0.625. The highest BCUT2D eigenvalue weighted by Gasteiger charge is 2.38. The first-order valence-corrected chi connectivity index (χ1v) is 9.52. The Morgan fingerprint density at radius 1 is 1.05 bits per heavy atom. The van der Waals surface area contributed by atoms with E-state index in [0.29, 0.717) is 18.8 Å². The van der Waals surface area contributed by atoms with Crippen LogP contribution in [0.25, 0.3) is 0 Å². The van der Waals surface area contributed by atoms with E-state index in [4.69, 9.17) is 0 Å². The molecule has 2 heterocycles. The number of hydrogen-bond acceptors (Lipinski definition) is 3. The largest absolute Gasteiger partial charge is 0.298 e. The number of benzene rings is 1. The number of rotatable bonds is 4. The van der Waals surface area contributed by atoms with Gasteiger partial charge in [0.2, 0.25) is 10.0 Å². The van der Waals surface area contributed by atoms with Gasteiger partial charge >= 0.3 is 0 Å². The van der Waals surface area contributed by atoms with Gasteiger partial charge in [0, 0.05) is 19.1 Å². The Balaban J connectivity index is 1.60. The highest BCUT2D eigenvalue weighted by Crippen LogP contribution is 2.22. The molecule has 3 rings (SSSR count). The summed E-state index contributed by atoms with van der Waals surface area (Å²) in [6, 6.07) is 10.3. The minimum absolute atomic E-state index is 0.200. The fourth-order valence-corrected chi connectivity index (χ4v) is 5.17. The first kappa shape index (κ1) is 15.0. The molecule has 116 valence electrons. The van der Waals surface area contributed by atoms with E-state index in [2.05, 4.69) is 17.0 Å². The number of nitrogens with zero attached hydrogens (tertiary/aromatic N) is 2. The summed E-state index contributed by atoms with van der Waals surface area (Å²) in [6.07, 6.45) is 4.50. The third kappa shape index (κ3) is 3.65. The molecule has 1 aromatic rings. The Kier molecular flexibility index (Phi) is 4.62. The second kappa shape index (κ2) is 6.46. The van der Waals surface area contributed by atoms with E-state index in [0.717, 1.165) is 19.5 Å². The van der Waals surface area contributed by atoms with Crippen molar-refractivity contribution < 1.29 is 8.42 Å². The maximum atomic E-state index is 12.3. The summed E-state index contributed by atoms with van der Waals surface area (Å²) in [4.78, 5) is 2.38. The predicted octanol–water partition coefficient (Wildman–Crippen LogP) is 1.73. The standard InChI is InChI=1S/C16H24N2O2S/c19-21(20)14-16(17-10-5-2-6-11-17)13-18(21)12-9-15-7-3-1-4-8-15/h1,3-4,7-8,16H,2,5-6,9-14H2.